The molecule has 0 spiro atoms. The molecule has 20 heavy (non-hydrogen) atoms. The van der Waals surface area contributed by atoms with E-state index in [9.17, 15) is 4.79 Å². The van der Waals surface area contributed by atoms with Crippen LogP contribution in [0.1, 0.15) is 25.3 Å². The van der Waals surface area contributed by atoms with Gasteiger partial charge in [0, 0.05) is 25.2 Å². The lowest BCUT2D eigenvalue weighted by atomic mass is 9.99. The van der Waals surface area contributed by atoms with E-state index in [0.717, 1.165) is 25.9 Å². The van der Waals surface area contributed by atoms with Crippen molar-refractivity contribution < 1.29 is 4.79 Å². The van der Waals surface area contributed by atoms with Crippen molar-refractivity contribution in [1.82, 2.24) is 9.80 Å². The number of nitrogens with zero attached hydrogens (tertiary/aromatic N) is 2. The first-order valence-corrected chi connectivity index (χ1v) is 7.34. The highest BCUT2D eigenvalue weighted by Gasteiger charge is 2.27. The zero-order chi connectivity index (χ0) is 14.5. The molecule has 2 N–H and O–H groups in total. The summed E-state index contributed by atoms with van der Waals surface area (Å²) >= 11 is 0. The highest BCUT2D eigenvalue weighted by atomic mass is 16.2. The van der Waals surface area contributed by atoms with Crippen LogP contribution in [0.25, 0.3) is 0 Å². The van der Waals surface area contributed by atoms with Gasteiger partial charge in [-0.2, -0.15) is 0 Å². The highest BCUT2D eigenvalue weighted by molar-refractivity contribution is 5.78. The Balaban J connectivity index is 1.84. The molecule has 110 valence electrons. The second-order valence-corrected chi connectivity index (χ2v) is 5.88. The average Bonchev–Trinajstić information content (AvgIpc) is 2.39. The Labute approximate surface area is 121 Å². The van der Waals surface area contributed by atoms with E-state index >= 15 is 0 Å². The molecule has 2 atom stereocenters. The molecule has 1 aliphatic heterocycles. The second-order valence-electron chi connectivity index (χ2n) is 5.88. The molecule has 1 aromatic carbocycles. The summed E-state index contributed by atoms with van der Waals surface area (Å²) in [5, 5.41) is 0. The number of carbonyl (C=O) groups is 1. The SMILES string of the molecule is C[C@H]1C[C@H](N)CCN1C(=O)CN(C)Cc1ccccc1. The van der Waals surface area contributed by atoms with Gasteiger partial charge in [0.15, 0.2) is 0 Å². The summed E-state index contributed by atoms with van der Waals surface area (Å²) in [5.41, 5.74) is 7.18. The number of likely N-dealkylation sites (tertiary alicyclic amines) is 1. The molecule has 2 rings (SSSR count). The fourth-order valence-electron chi connectivity index (χ4n) is 2.85. The van der Waals surface area contributed by atoms with Crippen LogP contribution in [-0.2, 0) is 11.3 Å². The number of benzene rings is 1. The van der Waals surface area contributed by atoms with Gasteiger partial charge in [-0.05, 0) is 32.4 Å². The molecule has 1 saturated heterocycles. The van der Waals surface area contributed by atoms with Gasteiger partial charge in [0.05, 0.1) is 6.54 Å². The topological polar surface area (TPSA) is 49.6 Å². The van der Waals surface area contributed by atoms with Crippen molar-refractivity contribution in [1.29, 1.82) is 0 Å². The van der Waals surface area contributed by atoms with Crippen LogP contribution in [0.3, 0.4) is 0 Å². The van der Waals surface area contributed by atoms with Crippen molar-refractivity contribution in [3.05, 3.63) is 35.9 Å². The molecule has 0 unspecified atom stereocenters. The minimum Gasteiger partial charge on any atom is -0.339 e. The van der Waals surface area contributed by atoms with Gasteiger partial charge < -0.3 is 10.6 Å². The van der Waals surface area contributed by atoms with Gasteiger partial charge in [-0.15, -0.1) is 0 Å². The lowest BCUT2D eigenvalue weighted by Gasteiger charge is -2.37. The maximum absolute atomic E-state index is 12.4. The molecule has 0 saturated carbocycles. The third-order valence-electron chi connectivity index (χ3n) is 3.94. The third-order valence-corrected chi connectivity index (χ3v) is 3.94. The number of amides is 1. The number of hydrogen-bond acceptors (Lipinski definition) is 3. The third kappa shape index (κ3) is 4.05. The average molecular weight is 275 g/mol. The monoisotopic (exact) mass is 275 g/mol. The van der Waals surface area contributed by atoms with Crippen LogP contribution in [0.2, 0.25) is 0 Å². The number of carbonyl (C=O) groups excluding carboxylic acids is 1. The predicted octanol–water partition coefficient (Wildman–Crippen LogP) is 1.46. The standard InChI is InChI=1S/C16H25N3O/c1-13-10-15(17)8-9-19(13)16(20)12-18(2)11-14-6-4-3-5-7-14/h3-7,13,15H,8-12,17H2,1-2H3/t13-,15+/m0/s1. The van der Waals surface area contributed by atoms with E-state index in [1.54, 1.807) is 0 Å². The molecule has 1 aliphatic rings. The molecule has 0 bridgehead atoms. The van der Waals surface area contributed by atoms with E-state index in [2.05, 4.69) is 24.0 Å². The van der Waals surface area contributed by atoms with Gasteiger partial charge in [-0.25, -0.2) is 0 Å². The summed E-state index contributed by atoms with van der Waals surface area (Å²) in [7, 11) is 1.99. The zero-order valence-electron chi connectivity index (χ0n) is 12.5. The van der Waals surface area contributed by atoms with Gasteiger partial charge >= 0.3 is 0 Å². The van der Waals surface area contributed by atoms with Gasteiger partial charge in [0.1, 0.15) is 0 Å². The number of piperidine rings is 1. The number of hydrogen-bond donors (Lipinski definition) is 1. The Morgan fingerprint density at radius 1 is 1.40 bits per heavy atom. The summed E-state index contributed by atoms with van der Waals surface area (Å²) in [6.45, 7) is 4.15. The first-order chi connectivity index (χ1) is 9.56. The van der Waals surface area contributed by atoms with E-state index in [1.165, 1.54) is 5.56 Å². The van der Waals surface area contributed by atoms with E-state index in [4.69, 9.17) is 5.73 Å². The molecule has 1 fully saturated rings. The molecule has 4 nitrogen and oxygen atoms in total. The summed E-state index contributed by atoms with van der Waals surface area (Å²) < 4.78 is 0. The van der Waals surface area contributed by atoms with E-state index in [1.807, 2.05) is 30.1 Å². The van der Waals surface area contributed by atoms with E-state index < -0.39 is 0 Å². The summed E-state index contributed by atoms with van der Waals surface area (Å²) in [4.78, 5) is 16.4. The van der Waals surface area contributed by atoms with Gasteiger partial charge in [0.2, 0.25) is 5.91 Å². The Kier molecular flexibility index (Phi) is 5.15. The predicted molar refractivity (Wildman–Crippen MR) is 81.2 cm³/mol. The minimum atomic E-state index is 0.211. The molecule has 1 aromatic rings. The minimum absolute atomic E-state index is 0.211. The maximum Gasteiger partial charge on any atom is 0.236 e. The van der Waals surface area contributed by atoms with Crippen LogP contribution in [0.15, 0.2) is 30.3 Å². The fourth-order valence-corrected chi connectivity index (χ4v) is 2.85. The summed E-state index contributed by atoms with van der Waals surface area (Å²) in [6.07, 6.45) is 1.83. The van der Waals surface area contributed by atoms with Gasteiger partial charge in [0.25, 0.3) is 0 Å². The van der Waals surface area contributed by atoms with Gasteiger partial charge in [-0.1, -0.05) is 30.3 Å². The first kappa shape index (κ1) is 15.0. The largest absolute Gasteiger partial charge is 0.339 e. The van der Waals surface area contributed by atoms with Gasteiger partial charge in [-0.3, -0.25) is 9.69 Å². The Hall–Kier alpha value is -1.39. The normalized spacial score (nSPS) is 23.1. The number of nitrogens with two attached hydrogens (primary N) is 1. The summed E-state index contributed by atoms with van der Waals surface area (Å²) in [6, 6.07) is 10.7. The van der Waals surface area contributed by atoms with Crippen LogP contribution >= 0.6 is 0 Å². The first-order valence-electron chi connectivity index (χ1n) is 7.34. The van der Waals surface area contributed by atoms with Crippen molar-refractivity contribution in [2.45, 2.75) is 38.4 Å². The van der Waals surface area contributed by atoms with E-state index in [-0.39, 0.29) is 18.0 Å². The Morgan fingerprint density at radius 2 is 2.10 bits per heavy atom. The molecule has 0 aliphatic carbocycles. The van der Waals surface area contributed by atoms with Crippen molar-refractivity contribution in [3.8, 4) is 0 Å². The molecule has 1 amide bonds. The van der Waals surface area contributed by atoms with E-state index in [0.29, 0.717) is 6.54 Å². The summed E-state index contributed by atoms with van der Waals surface area (Å²) in [5.74, 6) is 0.211. The Morgan fingerprint density at radius 3 is 2.75 bits per heavy atom. The number of likely N-dealkylation sites (N-methyl/N-ethyl adjacent to an activating group) is 1. The molecular weight excluding hydrogens is 250 g/mol. The maximum atomic E-state index is 12.4. The highest BCUT2D eigenvalue weighted by Crippen LogP contribution is 2.16. The van der Waals surface area contributed by atoms with Crippen LogP contribution in [0.4, 0.5) is 0 Å². The Bertz CT molecular complexity index is 435. The smallest absolute Gasteiger partial charge is 0.236 e. The van der Waals surface area contributed by atoms with Crippen LogP contribution in [-0.4, -0.2) is 47.9 Å². The van der Waals surface area contributed by atoms with Crippen LogP contribution in [0, 0.1) is 0 Å². The van der Waals surface area contributed by atoms with Crippen LogP contribution < -0.4 is 5.73 Å². The molecule has 4 heteroatoms. The van der Waals surface area contributed by atoms with Crippen molar-refractivity contribution in [2.75, 3.05) is 20.1 Å². The lowest BCUT2D eigenvalue weighted by molar-refractivity contribution is -0.135. The zero-order valence-corrected chi connectivity index (χ0v) is 12.5. The molecular formula is C16H25N3O. The number of rotatable bonds is 4. The molecule has 1 heterocycles. The lowest BCUT2D eigenvalue weighted by Crippen LogP contribution is -2.50. The quantitative estimate of drug-likeness (QED) is 0.905. The fraction of sp³-hybridized carbons (Fsp3) is 0.562. The second kappa shape index (κ2) is 6.86. The van der Waals surface area contributed by atoms with Crippen molar-refractivity contribution in [2.24, 2.45) is 5.73 Å². The van der Waals surface area contributed by atoms with Crippen LogP contribution in [0.5, 0.6) is 0 Å². The van der Waals surface area contributed by atoms with Crippen molar-refractivity contribution in [3.63, 3.8) is 0 Å². The molecule has 0 aromatic heterocycles. The van der Waals surface area contributed by atoms with Crippen molar-refractivity contribution >= 4 is 5.91 Å². The molecule has 0 radical (unpaired) electrons.